The van der Waals surface area contributed by atoms with Crippen molar-refractivity contribution in [2.75, 3.05) is 26.2 Å². The van der Waals surface area contributed by atoms with Gasteiger partial charge in [0.15, 0.2) is 0 Å². The van der Waals surface area contributed by atoms with Gasteiger partial charge >= 0.3 is 0 Å². The van der Waals surface area contributed by atoms with Crippen LogP contribution < -0.4 is 4.74 Å². The fraction of sp³-hybridized carbons (Fsp3) is 0.320. The smallest absolute Gasteiger partial charge is 0.264 e. The average molecular weight is 485 g/mol. The van der Waals surface area contributed by atoms with Crippen LogP contribution in [0.4, 0.5) is 0 Å². The van der Waals surface area contributed by atoms with Gasteiger partial charge in [0.05, 0.1) is 9.77 Å². The van der Waals surface area contributed by atoms with E-state index >= 15 is 0 Å². The molecule has 1 amide bonds. The summed E-state index contributed by atoms with van der Waals surface area (Å²) in [4.78, 5) is 15.6. The van der Waals surface area contributed by atoms with Crippen LogP contribution in [-0.4, -0.2) is 49.7 Å². The summed E-state index contributed by atoms with van der Waals surface area (Å²) in [5.74, 6) is 0.783. The first-order valence-corrected chi connectivity index (χ1v) is 13.2. The van der Waals surface area contributed by atoms with E-state index in [-0.39, 0.29) is 19.0 Å². The zero-order chi connectivity index (χ0) is 23.6. The van der Waals surface area contributed by atoms with Gasteiger partial charge in [0.1, 0.15) is 12.4 Å². The van der Waals surface area contributed by atoms with Crippen molar-refractivity contribution in [3.8, 4) is 5.75 Å². The van der Waals surface area contributed by atoms with Crippen LogP contribution in [0.2, 0.25) is 0 Å². The Hall–Kier alpha value is -2.68. The highest BCUT2D eigenvalue weighted by Crippen LogP contribution is 2.24. The third kappa shape index (κ3) is 5.29. The standard InChI is InChI=1S/C25H28N2O4S2/c1-18-5-8-22(9-6-18)33(29,30)27-12-10-26(11-13-27)25(28)24-15-21(17-32-24)16-31-23-14-19(2)4-7-20(23)3/h4-9,14-15,17H,10-13,16H2,1-3H3. The Morgan fingerprint density at radius 2 is 1.61 bits per heavy atom. The predicted octanol–water partition coefficient (Wildman–Crippen LogP) is 4.40. The molecule has 1 fully saturated rings. The molecule has 8 heteroatoms. The highest BCUT2D eigenvalue weighted by atomic mass is 32.2. The Bertz CT molecular complexity index is 1240. The van der Waals surface area contributed by atoms with Gasteiger partial charge in [-0.1, -0.05) is 29.8 Å². The summed E-state index contributed by atoms with van der Waals surface area (Å²) in [5, 5.41) is 1.94. The summed E-state index contributed by atoms with van der Waals surface area (Å²) in [7, 11) is -3.55. The SMILES string of the molecule is Cc1ccc(S(=O)(=O)N2CCN(C(=O)c3cc(COc4cc(C)ccc4C)cs3)CC2)cc1. The third-order valence-corrected chi connectivity index (χ3v) is 8.67. The Kier molecular flexibility index (Phi) is 6.88. The second-order valence-electron chi connectivity index (χ2n) is 8.39. The molecule has 6 nitrogen and oxygen atoms in total. The zero-order valence-corrected chi connectivity index (χ0v) is 20.7. The molecular formula is C25H28N2O4S2. The van der Waals surface area contributed by atoms with Crippen LogP contribution in [0.1, 0.15) is 31.9 Å². The maximum Gasteiger partial charge on any atom is 0.264 e. The molecule has 0 radical (unpaired) electrons. The van der Waals surface area contributed by atoms with Crippen molar-refractivity contribution in [3.63, 3.8) is 0 Å². The van der Waals surface area contributed by atoms with Crippen molar-refractivity contribution >= 4 is 27.3 Å². The molecule has 174 valence electrons. The van der Waals surface area contributed by atoms with Gasteiger partial charge in [-0.2, -0.15) is 4.31 Å². The van der Waals surface area contributed by atoms with Crippen LogP contribution in [0, 0.1) is 20.8 Å². The lowest BCUT2D eigenvalue weighted by Crippen LogP contribution is -2.50. The lowest BCUT2D eigenvalue weighted by molar-refractivity contribution is 0.0702. The summed E-state index contributed by atoms with van der Waals surface area (Å²) in [5.41, 5.74) is 4.18. The topological polar surface area (TPSA) is 66.9 Å². The van der Waals surface area contributed by atoms with Crippen LogP contribution in [0.3, 0.4) is 0 Å². The molecule has 1 aliphatic heterocycles. The number of piperazine rings is 1. The molecule has 0 atom stereocenters. The molecule has 3 aromatic rings. The van der Waals surface area contributed by atoms with E-state index in [2.05, 4.69) is 6.07 Å². The molecule has 0 bridgehead atoms. The number of benzene rings is 2. The summed E-state index contributed by atoms with van der Waals surface area (Å²) < 4.78 is 33.2. The molecule has 2 aromatic carbocycles. The summed E-state index contributed by atoms with van der Waals surface area (Å²) in [6.45, 7) is 7.68. The maximum absolute atomic E-state index is 13.0. The van der Waals surface area contributed by atoms with Gasteiger partial charge in [-0.3, -0.25) is 4.79 Å². The van der Waals surface area contributed by atoms with E-state index in [1.807, 2.05) is 44.4 Å². The molecule has 0 aliphatic carbocycles. The molecule has 33 heavy (non-hydrogen) atoms. The minimum absolute atomic E-state index is 0.0645. The van der Waals surface area contributed by atoms with Crippen molar-refractivity contribution in [2.45, 2.75) is 32.3 Å². The van der Waals surface area contributed by atoms with Gasteiger partial charge < -0.3 is 9.64 Å². The normalized spacial score (nSPS) is 14.9. The number of aryl methyl sites for hydroxylation is 3. The number of carbonyl (C=O) groups is 1. The molecule has 0 unspecified atom stereocenters. The minimum Gasteiger partial charge on any atom is -0.489 e. The number of amides is 1. The monoisotopic (exact) mass is 484 g/mol. The third-order valence-electron chi connectivity index (χ3n) is 5.79. The molecule has 0 spiro atoms. The van der Waals surface area contributed by atoms with Crippen molar-refractivity contribution in [1.29, 1.82) is 0 Å². The first kappa shape index (κ1) is 23.5. The van der Waals surface area contributed by atoms with Gasteiger partial charge in [0.2, 0.25) is 10.0 Å². The molecule has 1 aromatic heterocycles. The van der Waals surface area contributed by atoms with Crippen LogP contribution in [-0.2, 0) is 16.6 Å². The van der Waals surface area contributed by atoms with Crippen molar-refractivity contribution < 1.29 is 17.9 Å². The van der Waals surface area contributed by atoms with Crippen molar-refractivity contribution in [2.24, 2.45) is 0 Å². The molecule has 1 saturated heterocycles. The molecule has 0 saturated carbocycles. The van der Waals surface area contributed by atoms with Gasteiger partial charge in [0.25, 0.3) is 5.91 Å². The van der Waals surface area contributed by atoms with Gasteiger partial charge in [-0.15, -0.1) is 11.3 Å². The average Bonchev–Trinajstić information content (AvgIpc) is 3.28. The van der Waals surface area contributed by atoms with Crippen molar-refractivity contribution in [1.82, 2.24) is 9.21 Å². The number of sulfonamides is 1. The van der Waals surface area contributed by atoms with E-state index in [1.54, 1.807) is 29.2 Å². The number of carbonyl (C=O) groups excluding carboxylic acids is 1. The predicted molar refractivity (Wildman–Crippen MR) is 130 cm³/mol. The zero-order valence-electron chi connectivity index (χ0n) is 19.1. The number of nitrogens with zero attached hydrogens (tertiary/aromatic N) is 2. The fourth-order valence-electron chi connectivity index (χ4n) is 3.73. The van der Waals surface area contributed by atoms with Crippen LogP contribution in [0.15, 0.2) is 58.8 Å². The number of thiophene rings is 1. The Labute approximate surface area is 199 Å². The summed E-state index contributed by atoms with van der Waals surface area (Å²) >= 11 is 1.40. The maximum atomic E-state index is 13.0. The summed E-state index contributed by atoms with van der Waals surface area (Å²) in [6, 6.07) is 14.8. The van der Waals surface area contributed by atoms with E-state index in [0.717, 1.165) is 28.0 Å². The minimum atomic E-state index is -3.55. The Balaban J connectivity index is 1.35. The van der Waals surface area contributed by atoms with E-state index in [4.69, 9.17) is 4.74 Å². The highest BCUT2D eigenvalue weighted by molar-refractivity contribution is 7.89. The molecule has 0 N–H and O–H groups in total. The Morgan fingerprint density at radius 1 is 0.939 bits per heavy atom. The number of hydrogen-bond acceptors (Lipinski definition) is 5. The molecular weight excluding hydrogens is 456 g/mol. The quantitative estimate of drug-likeness (QED) is 0.520. The van der Waals surface area contributed by atoms with E-state index in [9.17, 15) is 13.2 Å². The van der Waals surface area contributed by atoms with Crippen LogP contribution in [0.5, 0.6) is 5.75 Å². The van der Waals surface area contributed by atoms with Gasteiger partial charge in [-0.25, -0.2) is 8.42 Å². The van der Waals surface area contributed by atoms with E-state index in [1.165, 1.54) is 15.6 Å². The van der Waals surface area contributed by atoms with E-state index < -0.39 is 10.0 Å². The largest absolute Gasteiger partial charge is 0.489 e. The molecule has 4 rings (SSSR count). The second kappa shape index (κ2) is 9.67. The first-order valence-electron chi connectivity index (χ1n) is 10.9. The highest BCUT2D eigenvalue weighted by Gasteiger charge is 2.30. The number of hydrogen-bond donors (Lipinski definition) is 0. The van der Waals surface area contributed by atoms with Crippen LogP contribution in [0.25, 0.3) is 0 Å². The molecule has 2 heterocycles. The lowest BCUT2D eigenvalue weighted by Gasteiger charge is -2.33. The number of ether oxygens (including phenoxy) is 1. The first-order chi connectivity index (χ1) is 15.7. The Morgan fingerprint density at radius 3 is 2.30 bits per heavy atom. The second-order valence-corrected chi connectivity index (χ2v) is 11.2. The summed E-state index contributed by atoms with van der Waals surface area (Å²) in [6.07, 6.45) is 0. The fourth-order valence-corrected chi connectivity index (χ4v) is 6.02. The number of rotatable bonds is 6. The van der Waals surface area contributed by atoms with Gasteiger partial charge in [0, 0.05) is 31.7 Å². The molecule has 1 aliphatic rings. The van der Waals surface area contributed by atoms with Gasteiger partial charge in [-0.05, 0) is 61.5 Å². The van der Waals surface area contributed by atoms with Crippen molar-refractivity contribution in [3.05, 3.63) is 81.0 Å². The lowest BCUT2D eigenvalue weighted by atomic mass is 10.1. The van der Waals surface area contributed by atoms with E-state index in [0.29, 0.717) is 29.5 Å². The van der Waals surface area contributed by atoms with Crippen LogP contribution >= 0.6 is 11.3 Å².